The molecule has 1 aromatic rings. The zero-order valence-electron chi connectivity index (χ0n) is 7.55. The maximum atomic E-state index is 5.95. The molecule has 0 bridgehead atoms. The molecule has 0 amide bonds. The number of nitrogens with two attached hydrogens (primary N) is 1. The van der Waals surface area contributed by atoms with Crippen LogP contribution in [0.1, 0.15) is 12.8 Å². The molecule has 2 rings (SSSR count). The smallest absolute Gasteiger partial charge is 0.209 e. The van der Waals surface area contributed by atoms with Gasteiger partial charge in [-0.15, -0.1) is 5.10 Å². The molecular weight excluding hydrogens is 186 g/mol. The maximum absolute atomic E-state index is 5.95. The van der Waals surface area contributed by atoms with E-state index in [2.05, 4.69) is 15.5 Å². The lowest BCUT2D eigenvalue weighted by Gasteiger charge is -2.07. The summed E-state index contributed by atoms with van der Waals surface area (Å²) in [5.41, 5.74) is 5.95. The van der Waals surface area contributed by atoms with Gasteiger partial charge in [0.25, 0.3) is 0 Å². The average Bonchev–Trinajstić information content (AvgIpc) is 2.88. The minimum Gasteiger partial charge on any atom is -0.327 e. The van der Waals surface area contributed by atoms with Crippen LogP contribution in [0, 0.1) is 5.92 Å². The Morgan fingerprint density at radius 1 is 1.69 bits per heavy atom. The van der Waals surface area contributed by atoms with Gasteiger partial charge in [-0.05, 0) is 29.2 Å². The summed E-state index contributed by atoms with van der Waals surface area (Å²) < 4.78 is 1.67. The third-order valence-corrected chi connectivity index (χ3v) is 3.37. The lowest BCUT2D eigenvalue weighted by Crippen LogP contribution is -2.25. The van der Waals surface area contributed by atoms with Crippen LogP contribution in [0.3, 0.4) is 0 Å². The van der Waals surface area contributed by atoms with Crippen LogP contribution in [-0.2, 0) is 7.05 Å². The molecule has 1 aliphatic rings. The van der Waals surface area contributed by atoms with E-state index in [0.29, 0.717) is 6.04 Å². The number of aromatic nitrogens is 4. The van der Waals surface area contributed by atoms with Crippen molar-refractivity contribution in [2.45, 2.75) is 24.0 Å². The molecule has 6 heteroatoms. The fraction of sp³-hybridized carbons (Fsp3) is 0.857. The summed E-state index contributed by atoms with van der Waals surface area (Å²) in [6.45, 7) is 0. The summed E-state index contributed by atoms with van der Waals surface area (Å²) >= 11 is 1.63. The first-order chi connectivity index (χ1) is 6.27. The number of hydrogen-bond acceptors (Lipinski definition) is 5. The Bertz CT molecular complexity index is 282. The second kappa shape index (κ2) is 3.63. The Morgan fingerprint density at radius 2 is 2.46 bits per heavy atom. The monoisotopic (exact) mass is 199 g/mol. The van der Waals surface area contributed by atoms with E-state index in [4.69, 9.17) is 5.73 Å². The quantitative estimate of drug-likeness (QED) is 0.693. The van der Waals surface area contributed by atoms with Crippen LogP contribution in [0.5, 0.6) is 0 Å². The molecule has 0 radical (unpaired) electrons. The first-order valence-corrected chi connectivity index (χ1v) is 5.36. The van der Waals surface area contributed by atoms with E-state index in [-0.39, 0.29) is 0 Å². The van der Waals surface area contributed by atoms with E-state index in [9.17, 15) is 0 Å². The summed E-state index contributed by atoms with van der Waals surface area (Å²) in [5.74, 6) is 1.66. The SMILES string of the molecule is Cn1nnnc1SCC(N)C1CC1. The fourth-order valence-corrected chi connectivity index (χ4v) is 2.11. The molecule has 13 heavy (non-hydrogen) atoms. The van der Waals surface area contributed by atoms with Crippen molar-refractivity contribution in [3.05, 3.63) is 0 Å². The van der Waals surface area contributed by atoms with E-state index < -0.39 is 0 Å². The first-order valence-electron chi connectivity index (χ1n) is 4.38. The molecular formula is C7H13N5S. The lowest BCUT2D eigenvalue weighted by atomic mass is 10.2. The van der Waals surface area contributed by atoms with E-state index in [0.717, 1.165) is 16.8 Å². The van der Waals surface area contributed by atoms with Gasteiger partial charge < -0.3 is 5.73 Å². The Labute approximate surface area is 81.1 Å². The summed E-state index contributed by atoms with van der Waals surface area (Å²) in [6, 6.07) is 0.307. The van der Waals surface area contributed by atoms with Crippen LogP contribution in [0.2, 0.25) is 0 Å². The number of nitrogens with zero attached hydrogens (tertiary/aromatic N) is 4. The maximum Gasteiger partial charge on any atom is 0.209 e. The summed E-state index contributed by atoms with van der Waals surface area (Å²) in [4.78, 5) is 0. The molecule has 1 atom stereocenters. The largest absolute Gasteiger partial charge is 0.327 e. The molecule has 1 fully saturated rings. The van der Waals surface area contributed by atoms with Crippen LogP contribution in [0.25, 0.3) is 0 Å². The molecule has 1 saturated carbocycles. The van der Waals surface area contributed by atoms with Gasteiger partial charge in [-0.3, -0.25) is 0 Å². The zero-order valence-corrected chi connectivity index (χ0v) is 8.37. The summed E-state index contributed by atoms with van der Waals surface area (Å²) in [7, 11) is 1.84. The van der Waals surface area contributed by atoms with Crippen molar-refractivity contribution < 1.29 is 0 Å². The van der Waals surface area contributed by atoms with Gasteiger partial charge in [0.15, 0.2) is 0 Å². The summed E-state index contributed by atoms with van der Waals surface area (Å²) in [5, 5.41) is 12.0. The topological polar surface area (TPSA) is 69.6 Å². The van der Waals surface area contributed by atoms with Gasteiger partial charge in [-0.1, -0.05) is 11.8 Å². The predicted molar refractivity (Wildman–Crippen MR) is 50.2 cm³/mol. The Morgan fingerprint density at radius 3 is 3.00 bits per heavy atom. The van der Waals surface area contributed by atoms with Crippen molar-refractivity contribution in [1.82, 2.24) is 20.2 Å². The number of thioether (sulfide) groups is 1. The van der Waals surface area contributed by atoms with E-state index >= 15 is 0 Å². The zero-order chi connectivity index (χ0) is 9.26. The highest BCUT2D eigenvalue weighted by molar-refractivity contribution is 7.99. The Balaban J connectivity index is 1.81. The van der Waals surface area contributed by atoms with E-state index in [1.54, 1.807) is 16.4 Å². The second-order valence-corrected chi connectivity index (χ2v) is 4.38. The third-order valence-electron chi connectivity index (χ3n) is 2.21. The summed E-state index contributed by atoms with van der Waals surface area (Å²) in [6.07, 6.45) is 2.58. The van der Waals surface area contributed by atoms with Crippen LogP contribution in [-0.4, -0.2) is 32.0 Å². The predicted octanol–water partition coefficient (Wildman–Crippen LogP) is 0.0395. The van der Waals surface area contributed by atoms with Crippen LogP contribution >= 0.6 is 11.8 Å². The molecule has 0 spiro atoms. The van der Waals surface area contributed by atoms with E-state index in [1.807, 2.05) is 7.05 Å². The number of rotatable bonds is 4. The van der Waals surface area contributed by atoms with Gasteiger partial charge in [0, 0.05) is 18.8 Å². The van der Waals surface area contributed by atoms with Crippen molar-refractivity contribution in [3.63, 3.8) is 0 Å². The van der Waals surface area contributed by atoms with Crippen molar-refractivity contribution >= 4 is 11.8 Å². The highest BCUT2D eigenvalue weighted by Crippen LogP contribution is 2.33. The molecule has 5 nitrogen and oxygen atoms in total. The minimum atomic E-state index is 0.307. The highest BCUT2D eigenvalue weighted by atomic mass is 32.2. The molecule has 0 saturated heterocycles. The van der Waals surface area contributed by atoms with Crippen molar-refractivity contribution in [3.8, 4) is 0 Å². The third kappa shape index (κ3) is 2.19. The van der Waals surface area contributed by atoms with Gasteiger partial charge in [0.2, 0.25) is 5.16 Å². The molecule has 0 aliphatic heterocycles. The molecule has 0 aromatic carbocycles. The molecule has 1 heterocycles. The standard InChI is InChI=1S/C7H13N5S/c1-12-7(9-10-11-12)13-4-6(8)5-2-3-5/h5-6H,2-4,8H2,1H3. The molecule has 1 unspecified atom stereocenters. The van der Waals surface area contributed by atoms with Gasteiger partial charge in [-0.25, -0.2) is 4.68 Å². The van der Waals surface area contributed by atoms with Crippen LogP contribution in [0.4, 0.5) is 0 Å². The van der Waals surface area contributed by atoms with Gasteiger partial charge in [0.1, 0.15) is 0 Å². The molecule has 1 aromatic heterocycles. The van der Waals surface area contributed by atoms with Crippen molar-refractivity contribution in [2.24, 2.45) is 18.7 Å². The number of aryl methyl sites for hydroxylation is 1. The first kappa shape index (κ1) is 8.96. The van der Waals surface area contributed by atoms with Crippen LogP contribution in [0.15, 0.2) is 5.16 Å². The average molecular weight is 199 g/mol. The van der Waals surface area contributed by atoms with E-state index in [1.165, 1.54) is 12.8 Å². The lowest BCUT2D eigenvalue weighted by molar-refractivity contribution is 0.647. The second-order valence-electron chi connectivity index (χ2n) is 3.40. The normalized spacial score (nSPS) is 18.9. The molecule has 1 aliphatic carbocycles. The number of hydrogen-bond donors (Lipinski definition) is 1. The van der Waals surface area contributed by atoms with Gasteiger partial charge in [0.05, 0.1) is 0 Å². The van der Waals surface area contributed by atoms with Crippen LogP contribution < -0.4 is 5.73 Å². The fourth-order valence-electron chi connectivity index (χ4n) is 1.17. The number of tetrazole rings is 1. The Hall–Kier alpha value is -0.620. The van der Waals surface area contributed by atoms with Crippen molar-refractivity contribution in [2.75, 3.05) is 5.75 Å². The van der Waals surface area contributed by atoms with Gasteiger partial charge in [-0.2, -0.15) is 0 Å². The molecule has 2 N–H and O–H groups in total. The molecule has 72 valence electrons. The van der Waals surface area contributed by atoms with Crippen molar-refractivity contribution in [1.29, 1.82) is 0 Å². The highest BCUT2D eigenvalue weighted by Gasteiger charge is 2.28. The Kier molecular flexibility index (Phi) is 2.50. The minimum absolute atomic E-state index is 0.307. The van der Waals surface area contributed by atoms with Gasteiger partial charge >= 0.3 is 0 Å².